The summed E-state index contributed by atoms with van der Waals surface area (Å²) in [6.07, 6.45) is -0.178. The van der Waals surface area contributed by atoms with Crippen molar-refractivity contribution in [2.45, 2.75) is 33.2 Å². The average Bonchev–Trinajstić information content (AvgIpc) is 2.67. The van der Waals surface area contributed by atoms with Crippen molar-refractivity contribution in [1.29, 1.82) is 0 Å². The lowest BCUT2D eigenvalue weighted by Crippen LogP contribution is -2.61. The third-order valence-electron chi connectivity index (χ3n) is 4.21. The topological polar surface area (TPSA) is 97.0 Å². The monoisotopic (exact) mass is 421 g/mol. The molecule has 9 heteroatoms. The molecule has 29 heavy (non-hydrogen) atoms. The summed E-state index contributed by atoms with van der Waals surface area (Å²) in [5, 5.41) is 5.49. The molecule has 0 aromatic heterocycles. The van der Waals surface area contributed by atoms with Crippen molar-refractivity contribution in [2.24, 2.45) is 5.41 Å². The summed E-state index contributed by atoms with van der Waals surface area (Å²) < 4.78 is 10.6. The van der Waals surface area contributed by atoms with E-state index >= 15 is 0 Å². The second kappa shape index (κ2) is 10.2. The first kappa shape index (κ1) is 22.6. The SMILES string of the molecule is CC(C)(C)C(=O)NC(=S)N1CCNC(=O)C1CC(=O)OCCOc1ccccc1. The van der Waals surface area contributed by atoms with E-state index in [0.29, 0.717) is 18.8 Å². The standard InChI is InChI=1S/C20H27N3O5S/c1-20(2,3)18(26)22-19(29)23-10-9-21-17(25)15(23)13-16(24)28-12-11-27-14-7-5-4-6-8-14/h4-8,15H,9-13H2,1-3H3,(H,21,25)(H,22,26,29). The first-order chi connectivity index (χ1) is 13.7. The Kier molecular flexibility index (Phi) is 7.95. The summed E-state index contributed by atoms with van der Waals surface area (Å²) in [4.78, 5) is 38.2. The number of nitrogens with zero attached hydrogens (tertiary/aromatic N) is 1. The Morgan fingerprint density at radius 3 is 2.59 bits per heavy atom. The molecule has 1 aliphatic heterocycles. The van der Waals surface area contributed by atoms with E-state index < -0.39 is 17.4 Å². The van der Waals surface area contributed by atoms with Crippen molar-refractivity contribution >= 4 is 35.1 Å². The Morgan fingerprint density at radius 2 is 1.93 bits per heavy atom. The second-order valence-electron chi connectivity index (χ2n) is 7.60. The van der Waals surface area contributed by atoms with Crippen LogP contribution in [0.15, 0.2) is 30.3 Å². The highest BCUT2D eigenvalue weighted by Crippen LogP contribution is 2.15. The van der Waals surface area contributed by atoms with Crippen molar-refractivity contribution in [2.75, 3.05) is 26.3 Å². The Morgan fingerprint density at radius 1 is 1.24 bits per heavy atom. The highest BCUT2D eigenvalue weighted by atomic mass is 32.1. The number of ether oxygens (including phenoxy) is 2. The van der Waals surface area contributed by atoms with Crippen molar-refractivity contribution in [3.05, 3.63) is 30.3 Å². The van der Waals surface area contributed by atoms with E-state index in [1.54, 1.807) is 37.8 Å². The average molecular weight is 422 g/mol. The first-order valence-corrected chi connectivity index (χ1v) is 9.82. The van der Waals surface area contributed by atoms with Crippen LogP contribution in [0.4, 0.5) is 0 Å². The van der Waals surface area contributed by atoms with Crippen LogP contribution in [0.25, 0.3) is 0 Å². The van der Waals surface area contributed by atoms with Gasteiger partial charge in [-0.1, -0.05) is 39.0 Å². The van der Waals surface area contributed by atoms with E-state index in [0.717, 1.165) is 0 Å². The number of rotatable bonds is 6. The third-order valence-corrected chi connectivity index (χ3v) is 4.55. The van der Waals surface area contributed by atoms with Gasteiger partial charge in [-0.2, -0.15) is 0 Å². The predicted octanol–water partition coefficient (Wildman–Crippen LogP) is 1.25. The van der Waals surface area contributed by atoms with Gasteiger partial charge >= 0.3 is 5.97 Å². The second-order valence-corrected chi connectivity index (χ2v) is 7.98. The molecule has 0 saturated carbocycles. The van der Waals surface area contributed by atoms with Crippen LogP contribution in [0.1, 0.15) is 27.2 Å². The van der Waals surface area contributed by atoms with Gasteiger partial charge in [0.1, 0.15) is 25.0 Å². The summed E-state index contributed by atoms with van der Waals surface area (Å²) >= 11 is 5.30. The van der Waals surface area contributed by atoms with Gasteiger partial charge in [0.15, 0.2) is 5.11 Å². The molecule has 0 radical (unpaired) electrons. The quantitative estimate of drug-likeness (QED) is 0.405. The van der Waals surface area contributed by atoms with Gasteiger partial charge in [-0.25, -0.2) is 0 Å². The molecular weight excluding hydrogens is 394 g/mol. The van der Waals surface area contributed by atoms with Gasteiger partial charge in [0.25, 0.3) is 0 Å². The molecule has 0 spiro atoms. The normalized spacial score (nSPS) is 16.6. The van der Waals surface area contributed by atoms with Gasteiger partial charge in [-0.15, -0.1) is 0 Å². The van der Waals surface area contributed by atoms with Crippen LogP contribution in [-0.2, 0) is 19.1 Å². The molecule has 1 aliphatic rings. The molecule has 1 atom stereocenters. The first-order valence-electron chi connectivity index (χ1n) is 9.41. The zero-order valence-corrected chi connectivity index (χ0v) is 17.7. The highest BCUT2D eigenvalue weighted by Gasteiger charge is 2.35. The predicted molar refractivity (Wildman–Crippen MR) is 111 cm³/mol. The number of esters is 1. The Labute approximate surface area is 175 Å². The maximum atomic E-state index is 12.3. The van der Waals surface area contributed by atoms with Gasteiger partial charge in [-0.05, 0) is 24.4 Å². The number of carbonyl (C=O) groups excluding carboxylic acids is 3. The molecule has 1 aromatic rings. The van der Waals surface area contributed by atoms with E-state index in [2.05, 4.69) is 10.6 Å². The van der Waals surface area contributed by atoms with Gasteiger partial charge < -0.3 is 25.0 Å². The van der Waals surface area contributed by atoms with Gasteiger partial charge in [0.2, 0.25) is 11.8 Å². The molecule has 0 bridgehead atoms. The number of piperazine rings is 1. The third kappa shape index (κ3) is 7.01. The zero-order chi connectivity index (χ0) is 21.4. The smallest absolute Gasteiger partial charge is 0.308 e. The van der Waals surface area contributed by atoms with E-state index in [-0.39, 0.29) is 36.6 Å². The molecular formula is C20H27N3O5S. The molecule has 1 fully saturated rings. The molecule has 8 nitrogen and oxygen atoms in total. The molecule has 2 rings (SSSR count). The summed E-state index contributed by atoms with van der Waals surface area (Å²) in [6, 6.07) is 8.34. The fourth-order valence-electron chi connectivity index (χ4n) is 2.57. The summed E-state index contributed by atoms with van der Waals surface area (Å²) in [5.74, 6) is -0.450. The van der Waals surface area contributed by atoms with Gasteiger partial charge in [-0.3, -0.25) is 14.4 Å². The van der Waals surface area contributed by atoms with Crippen LogP contribution in [0, 0.1) is 5.41 Å². The number of hydrogen-bond acceptors (Lipinski definition) is 6. The molecule has 1 saturated heterocycles. The van der Waals surface area contributed by atoms with E-state index in [4.69, 9.17) is 21.7 Å². The molecule has 158 valence electrons. The fraction of sp³-hybridized carbons (Fsp3) is 0.500. The van der Waals surface area contributed by atoms with Crippen molar-refractivity contribution < 1.29 is 23.9 Å². The lowest BCUT2D eigenvalue weighted by atomic mass is 9.96. The molecule has 1 aromatic carbocycles. The number of amides is 2. The van der Waals surface area contributed by atoms with Gasteiger partial charge in [0, 0.05) is 18.5 Å². The van der Waals surface area contributed by atoms with Gasteiger partial charge in [0.05, 0.1) is 6.42 Å². The fourth-order valence-corrected chi connectivity index (χ4v) is 2.88. The molecule has 0 aliphatic carbocycles. The number of hydrogen-bond donors (Lipinski definition) is 2. The number of carbonyl (C=O) groups is 3. The van der Waals surface area contributed by atoms with Crippen LogP contribution >= 0.6 is 12.2 Å². The van der Waals surface area contributed by atoms with Crippen molar-refractivity contribution in [3.63, 3.8) is 0 Å². The number of thiocarbonyl (C=S) groups is 1. The molecule has 1 unspecified atom stereocenters. The molecule has 1 heterocycles. The van der Waals surface area contributed by atoms with E-state index in [9.17, 15) is 14.4 Å². The lowest BCUT2D eigenvalue weighted by molar-refractivity contribution is -0.148. The largest absolute Gasteiger partial charge is 0.490 e. The van der Waals surface area contributed by atoms with Crippen molar-refractivity contribution in [1.82, 2.24) is 15.5 Å². The minimum Gasteiger partial charge on any atom is -0.490 e. The van der Waals surface area contributed by atoms with Crippen LogP contribution in [0.2, 0.25) is 0 Å². The summed E-state index contributed by atoms with van der Waals surface area (Å²) in [6.45, 7) is 6.33. The Bertz CT molecular complexity index is 748. The summed E-state index contributed by atoms with van der Waals surface area (Å²) in [7, 11) is 0. The van der Waals surface area contributed by atoms with Crippen LogP contribution in [-0.4, -0.2) is 60.1 Å². The van der Waals surface area contributed by atoms with Crippen LogP contribution in [0.3, 0.4) is 0 Å². The number of para-hydroxylation sites is 1. The number of nitrogens with one attached hydrogen (secondary N) is 2. The zero-order valence-electron chi connectivity index (χ0n) is 16.9. The maximum absolute atomic E-state index is 12.3. The maximum Gasteiger partial charge on any atom is 0.308 e. The molecule has 2 N–H and O–H groups in total. The van der Waals surface area contributed by atoms with Crippen molar-refractivity contribution in [3.8, 4) is 5.75 Å². The molecule has 2 amide bonds. The Hall–Kier alpha value is -2.68. The van der Waals surface area contributed by atoms with Crippen LogP contribution < -0.4 is 15.4 Å². The minimum absolute atomic E-state index is 0.0628. The Balaban J connectivity index is 1.86. The summed E-state index contributed by atoms with van der Waals surface area (Å²) in [5.41, 5.74) is -0.630. The van der Waals surface area contributed by atoms with E-state index in [1.165, 1.54) is 0 Å². The van der Waals surface area contributed by atoms with E-state index in [1.807, 2.05) is 18.2 Å². The minimum atomic E-state index is -0.834. The lowest BCUT2D eigenvalue weighted by Gasteiger charge is -2.36. The highest BCUT2D eigenvalue weighted by molar-refractivity contribution is 7.80. The number of benzene rings is 1. The van der Waals surface area contributed by atoms with Crippen LogP contribution in [0.5, 0.6) is 5.75 Å².